The minimum absolute atomic E-state index is 0.104. The fourth-order valence-electron chi connectivity index (χ4n) is 6.26. The van der Waals surface area contributed by atoms with E-state index in [9.17, 15) is 14.4 Å². The summed E-state index contributed by atoms with van der Waals surface area (Å²) >= 11 is 0. The van der Waals surface area contributed by atoms with Crippen molar-refractivity contribution in [3.05, 3.63) is 122 Å². The number of ether oxygens (including phenoxy) is 3. The Bertz CT molecular complexity index is 1370. The van der Waals surface area contributed by atoms with Crippen LogP contribution in [0.25, 0.3) is 0 Å². The summed E-state index contributed by atoms with van der Waals surface area (Å²) in [5.74, 6) is -0.985. The number of carbonyl (C=O) groups is 3. The van der Waals surface area contributed by atoms with Gasteiger partial charge >= 0.3 is 17.9 Å². The van der Waals surface area contributed by atoms with Gasteiger partial charge in [0.25, 0.3) is 0 Å². The molecule has 0 aliphatic carbocycles. The highest BCUT2D eigenvalue weighted by Gasteiger charge is 2.19. The third kappa shape index (κ3) is 48.7. The van der Waals surface area contributed by atoms with Gasteiger partial charge in [0.1, 0.15) is 13.2 Å². The third-order valence-electron chi connectivity index (χ3n) is 9.96. The molecule has 0 aliphatic heterocycles. The van der Waals surface area contributed by atoms with E-state index in [1.54, 1.807) is 0 Å². The van der Waals surface area contributed by atoms with Gasteiger partial charge < -0.3 is 14.2 Å². The van der Waals surface area contributed by atoms with Crippen LogP contribution in [0.15, 0.2) is 122 Å². The lowest BCUT2D eigenvalue weighted by Crippen LogP contribution is -2.30. The maximum Gasteiger partial charge on any atom is 0.306 e. The Kier molecular flexibility index (Phi) is 47.1. The van der Waals surface area contributed by atoms with Crippen LogP contribution in [0, 0.1) is 0 Å². The minimum atomic E-state index is -0.805. The summed E-state index contributed by atoms with van der Waals surface area (Å²) < 4.78 is 16.6. The van der Waals surface area contributed by atoms with Gasteiger partial charge in [-0.15, -0.1) is 0 Å². The molecule has 0 aromatic carbocycles. The van der Waals surface area contributed by atoms with E-state index < -0.39 is 6.10 Å². The fraction of sp³-hybridized carbons (Fsp3) is 0.596. The molecule has 1 unspecified atom stereocenters. The Morgan fingerprint density at radius 1 is 0.333 bits per heavy atom. The Labute approximate surface area is 386 Å². The van der Waals surface area contributed by atoms with E-state index in [1.807, 2.05) is 0 Å². The van der Waals surface area contributed by atoms with E-state index in [2.05, 4.69) is 142 Å². The monoisotopic (exact) mass is 871 g/mol. The zero-order valence-electron chi connectivity index (χ0n) is 40.3. The first-order chi connectivity index (χ1) is 31.0. The molecule has 0 aliphatic rings. The van der Waals surface area contributed by atoms with E-state index >= 15 is 0 Å². The maximum absolute atomic E-state index is 12.7. The highest BCUT2D eigenvalue weighted by atomic mass is 16.6. The number of rotatable bonds is 43. The van der Waals surface area contributed by atoms with Crippen molar-refractivity contribution in [2.24, 2.45) is 0 Å². The molecule has 0 aromatic heterocycles. The van der Waals surface area contributed by atoms with Crippen molar-refractivity contribution < 1.29 is 28.6 Å². The smallest absolute Gasteiger partial charge is 0.306 e. The van der Waals surface area contributed by atoms with Crippen LogP contribution in [-0.2, 0) is 28.6 Å². The zero-order valence-corrected chi connectivity index (χ0v) is 40.3. The topological polar surface area (TPSA) is 78.9 Å². The molecule has 0 saturated heterocycles. The SMILES string of the molecule is CC/C=C\C/C=C\C/C=C\C/C=C\C/C=C\C/C=C\CCCCCCCCC(=O)OCC(COC(=O)CCCCCCC)OC(=O)CCCC/C=C\C/C=C\C/C=C\C/C=C\CC. The van der Waals surface area contributed by atoms with E-state index in [0.717, 1.165) is 141 Å². The molecular weight excluding hydrogens is 781 g/mol. The predicted molar refractivity (Wildman–Crippen MR) is 269 cm³/mol. The number of hydrogen-bond donors (Lipinski definition) is 0. The molecule has 0 spiro atoms. The van der Waals surface area contributed by atoms with Crippen LogP contribution in [0.5, 0.6) is 0 Å². The standard InChI is InChI=1S/C57H90O6/c1-4-7-10-13-15-17-19-21-23-24-25-26-27-28-29-30-31-32-34-35-37-39-41-44-47-50-56(59)62-53-54(52-61-55(58)49-46-43-12-9-6-3)63-57(60)51-48-45-42-40-38-36-33-22-20-18-16-14-11-8-5-2/h7-8,10-11,15-18,21-23,25-26,28-29,31-33,38,40,54H,4-6,9,12-14,19-20,24,27,30,34-37,39,41-53H2,1-3H3/b10-7-,11-8-,17-15-,18-16-,23-21-,26-25-,29-28-,32-31-,33-22-,40-38-. The summed E-state index contributed by atoms with van der Waals surface area (Å²) in [6.45, 7) is 6.25. The molecule has 0 saturated carbocycles. The molecule has 0 heterocycles. The molecule has 6 heteroatoms. The van der Waals surface area contributed by atoms with Crippen LogP contribution in [0.4, 0.5) is 0 Å². The summed E-state index contributed by atoms with van der Waals surface area (Å²) in [6, 6.07) is 0. The second-order valence-electron chi connectivity index (χ2n) is 16.0. The largest absolute Gasteiger partial charge is 0.462 e. The zero-order chi connectivity index (χ0) is 45.8. The average Bonchev–Trinajstić information content (AvgIpc) is 3.28. The number of unbranched alkanes of at least 4 members (excludes halogenated alkanes) is 12. The second-order valence-corrected chi connectivity index (χ2v) is 16.0. The van der Waals surface area contributed by atoms with Crippen LogP contribution in [0.3, 0.4) is 0 Å². The van der Waals surface area contributed by atoms with Crippen molar-refractivity contribution in [2.75, 3.05) is 13.2 Å². The highest BCUT2D eigenvalue weighted by molar-refractivity contribution is 5.71. The molecule has 0 radical (unpaired) electrons. The van der Waals surface area contributed by atoms with E-state index in [0.29, 0.717) is 19.3 Å². The van der Waals surface area contributed by atoms with Crippen molar-refractivity contribution in [1.29, 1.82) is 0 Å². The highest BCUT2D eigenvalue weighted by Crippen LogP contribution is 2.12. The molecule has 0 amide bonds. The Hall–Kier alpha value is -4.19. The number of esters is 3. The summed E-state index contributed by atoms with van der Waals surface area (Å²) in [5.41, 5.74) is 0. The van der Waals surface area contributed by atoms with Gasteiger partial charge in [0.2, 0.25) is 0 Å². The molecule has 1 atom stereocenters. The van der Waals surface area contributed by atoms with Crippen LogP contribution in [0.1, 0.15) is 201 Å². The van der Waals surface area contributed by atoms with Gasteiger partial charge in [-0.25, -0.2) is 0 Å². The van der Waals surface area contributed by atoms with Gasteiger partial charge in [0.05, 0.1) is 0 Å². The first kappa shape index (κ1) is 58.8. The van der Waals surface area contributed by atoms with Crippen molar-refractivity contribution in [3.8, 4) is 0 Å². The van der Waals surface area contributed by atoms with Gasteiger partial charge in [0.15, 0.2) is 6.10 Å². The van der Waals surface area contributed by atoms with Crippen LogP contribution in [-0.4, -0.2) is 37.2 Å². The van der Waals surface area contributed by atoms with Crippen LogP contribution < -0.4 is 0 Å². The first-order valence-electron chi connectivity index (χ1n) is 25.0. The van der Waals surface area contributed by atoms with Gasteiger partial charge in [-0.05, 0) is 109 Å². The summed E-state index contributed by atoms with van der Waals surface area (Å²) in [7, 11) is 0. The molecule has 0 N–H and O–H groups in total. The Balaban J connectivity index is 4.25. The number of carbonyl (C=O) groups excluding carboxylic acids is 3. The number of hydrogen-bond acceptors (Lipinski definition) is 6. The molecule has 0 aromatic rings. The summed E-state index contributed by atoms with van der Waals surface area (Å²) in [4.78, 5) is 37.6. The quantitative estimate of drug-likeness (QED) is 0.0263. The van der Waals surface area contributed by atoms with Gasteiger partial charge in [-0.1, -0.05) is 194 Å². The normalized spacial score (nSPS) is 13.1. The van der Waals surface area contributed by atoms with Crippen molar-refractivity contribution >= 4 is 17.9 Å². The minimum Gasteiger partial charge on any atom is -0.462 e. The summed E-state index contributed by atoms with van der Waals surface area (Å²) in [6.07, 6.45) is 69.4. The van der Waals surface area contributed by atoms with Gasteiger partial charge in [0, 0.05) is 19.3 Å². The average molecular weight is 871 g/mol. The van der Waals surface area contributed by atoms with Crippen molar-refractivity contribution in [1.82, 2.24) is 0 Å². The lowest BCUT2D eigenvalue weighted by Gasteiger charge is -2.18. The molecule has 63 heavy (non-hydrogen) atoms. The molecule has 0 rings (SSSR count). The Morgan fingerprint density at radius 3 is 1.00 bits per heavy atom. The van der Waals surface area contributed by atoms with Crippen LogP contribution >= 0.6 is 0 Å². The summed E-state index contributed by atoms with van der Waals surface area (Å²) in [5, 5.41) is 0. The molecule has 0 fully saturated rings. The first-order valence-corrected chi connectivity index (χ1v) is 25.0. The van der Waals surface area contributed by atoms with E-state index in [1.165, 1.54) is 12.8 Å². The molecule has 6 nitrogen and oxygen atoms in total. The maximum atomic E-state index is 12.7. The molecular formula is C57H90O6. The third-order valence-corrected chi connectivity index (χ3v) is 9.96. The van der Waals surface area contributed by atoms with Gasteiger partial charge in [-0.2, -0.15) is 0 Å². The lowest BCUT2D eigenvalue weighted by atomic mass is 10.1. The van der Waals surface area contributed by atoms with Gasteiger partial charge in [-0.3, -0.25) is 14.4 Å². The van der Waals surface area contributed by atoms with E-state index in [4.69, 9.17) is 14.2 Å². The predicted octanol–water partition coefficient (Wildman–Crippen LogP) is 16.5. The lowest BCUT2D eigenvalue weighted by molar-refractivity contribution is -0.167. The van der Waals surface area contributed by atoms with Crippen molar-refractivity contribution in [3.63, 3.8) is 0 Å². The molecule has 0 bridgehead atoms. The second kappa shape index (κ2) is 50.5. The van der Waals surface area contributed by atoms with Crippen molar-refractivity contribution in [2.45, 2.75) is 207 Å². The fourth-order valence-corrected chi connectivity index (χ4v) is 6.26. The molecule has 354 valence electrons. The Morgan fingerprint density at radius 2 is 0.619 bits per heavy atom. The van der Waals surface area contributed by atoms with Crippen LogP contribution in [0.2, 0.25) is 0 Å². The number of allylic oxidation sites excluding steroid dienone is 20. The van der Waals surface area contributed by atoms with E-state index in [-0.39, 0.29) is 37.5 Å².